The van der Waals surface area contributed by atoms with Crippen molar-refractivity contribution in [1.82, 2.24) is 14.3 Å². The molecule has 1 unspecified atom stereocenters. The Morgan fingerprint density at radius 1 is 1.67 bits per heavy atom. The first-order valence-electron chi connectivity index (χ1n) is 4.16. The lowest BCUT2D eigenvalue weighted by Crippen LogP contribution is -2.39. The maximum Gasteiger partial charge on any atom is 0.260 e. The van der Waals surface area contributed by atoms with E-state index in [1.54, 1.807) is 6.92 Å². The largest absolute Gasteiger partial charge is 0.335 e. The van der Waals surface area contributed by atoms with Gasteiger partial charge in [-0.15, -0.1) is 12.4 Å². The number of H-pyrrole nitrogens is 1. The molecule has 0 spiro atoms. The molecular formula is C7H15ClN4O2S. The van der Waals surface area contributed by atoms with Crippen molar-refractivity contribution in [2.45, 2.75) is 18.0 Å². The second-order valence-corrected chi connectivity index (χ2v) is 4.99. The molecule has 0 aliphatic carbocycles. The highest BCUT2D eigenvalue weighted by Crippen LogP contribution is 2.12. The Bertz CT molecular complexity index is 378. The van der Waals surface area contributed by atoms with Crippen LogP contribution in [0.3, 0.4) is 0 Å². The van der Waals surface area contributed by atoms with E-state index < -0.39 is 10.0 Å². The van der Waals surface area contributed by atoms with Crippen LogP contribution >= 0.6 is 12.4 Å². The molecule has 0 aromatic carbocycles. The van der Waals surface area contributed by atoms with E-state index in [0.29, 0.717) is 0 Å². The number of sulfonamides is 1. The highest BCUT2D eigenvalue weighted by Gasteiger charge is 2.25. The lowest BCUT2D eigenvalue weighted by Gasteiger charge is -2.21. The molecule has 1 aromatic rings. The van der Waals surface area contributed by atoms with Crippen LogP contribution in [-0.2, 0) is 10.0 Å². The Morgan fingerprint density at radius 3 is 2.67 bits per heavy atom. The van der Waals surface area contributed by atoms with E-state index in [1.165, 1.54) is 23.9 Å². The fourth-order valence-corrected chi connectivity index (χ4v) is 2.19. The van der Waals surface area contributed by atoms with Gasteiger partial charge in [0.15, 0.2) is 5.03 Å². The lowest BCUT2D eigenvalue weighted by molar-refractivity contribution is 0.393. The molecule has 8 heteroatoms. The summed E-state index contributed by atoms with van der Waals surface area (Å²) in [6, 6.07) is -0.233. The predicted octanol–water partition coefficient (Wildman–Crippen LogP) is -0.201. The van der Waals surface area contributed by atoms with Gasteiger partial charge in [-0.05, 0) is 6.92 Å². The maximum atomic E-state index is 11.8. The lowest BCUT2D eigenvalue weighted by atomic mass is 10.4. The third-order valence-corrected chi connectivity index (χ3v) is 3.99. The summed E-state index contributed by atoms with van der Waals surface area (Å²) in [6.45, 7) is 2.03. The molecule has 0 saturated carbocycles. The van der Waals surface area contributed by atoms with Crippen LogP contribution in [0.15, 0.2) is 17.6 Å². The van der Waals surface area contributed by atoms with Gasteiger partial charge in [-0.3, -0.25) is 0 Å². The number of hydrogen-bond acceptors (Lipinski definition) is 4. The van der Waals surface area contributed by atoms with Crippen molar-refractivity contribution in [2.75, 3.05) is 13.6 Å². The fraction of sp³-hybridized carbons (Fsp3) is 0.571. The molecule has 3 N–H and O–H groups in total. The number of likely N-dealkylation sites (N-methyl/N-ethyl adjacent to an activating group) is 1. The quantitative estimate of drug-likeness (QED) is 0.778. The van der Waals surface area contributed by atoms with Crippen LogP contribution in [-0.4, -0.2) is 42.3 Å². The van der Waals surface area contributed by atoms with Gasteiger partial charge in [0.1, 0.15) is 0 Å². The van der Waals surface area contributed by atoms with Crippen LogP contribution in [0, 0.1) is 0 Å². The zero-order chi connectivity index (χ0) is 10.8. The Hall–Kier alpha value is -0.630. The summed E-state index contributed by atoms with van der Waals surface area (Å²) < 4.78 is 24.8. The van der Waals surface area contributed by atoms with Gasteiger partial charge in [0, 0.05) is 19.6 Å². The van der Waals surface area contributed by atoms with E-state index in [-0.39, 0.29) is 30.0 Å². The topological polar surface area (TPSA) is 92.1 Å². The van der Waals surface area contributed by atoms with E-state index >= 15 is 0 Å². The van der Waals surface area contributed by atoms with Crippen LogP contribution in [0.2, 0.25) is 0 Å². The first-order chi connectivity index (χ1) is 6.50. The normalized spacial score (nSPS) is 13.6. The molecule has 0 radical (unpaired) electrons. The van der Waals surface area contributed by atoms with E-state index in [1.807, 2.05) is 0 Å². The van der Waals surface area contributed by atoms with Crippen molar-refractivity contribution < 1.29 is 8.42 Å². The number of rotatable bonds is 4. The van der Waals surface area contributed by atoms with Crippen LogP contribution in [0.1, 0.15) is 6.92 Å². The average Bonchev–Trinajstić information content (AvgIpc) is 2.68. The summed E-state index contributed by atoms with van der Waals surface area (Å²) in [4.78, 5) is 6.22. The molecule has 0 amide bonds. The van der Waals surface area contributed by atoms with Crippen LogP contribution in [0.4, 0.5) is 0 Å². The van der Waals surface area contributed by atoms with Gasteiger partial charge in [-0.1, -0.05) is 0 Å². The molecule has 0 fully saturated rings. The summed E-state index contributed by atoms with van der Waals surface area (Å²) in [7, 11) is -1.98. The summed E-state index contributed by atoms with van der Waals surface area (Å²) in [5.41, 5.74) is 5.39. The van der Waals surface area contributed by atoms with E-state index in [2.05, 4.69) is 9.97 Å². The van der Waals surface area contributed by atoms with Crippen molar-refractivity contribution in [2.24, 2.45) is 5.73 Å². The first kappa shape index (κ1) is 14.4. The minimum absolute atomic E-state index is 0. The van der Waals surface area contributed by atoms with Crippen molar-refractivity contribution >= 4 is 22.4 Å². The highest BCUT2D eigenvalue weighted by atomic mass is 35.5. The highest BCUT2D eigenvalue weighted by molar-refractivity contribution is 7.89. The molecular weight excluding hydrogens is 240 g/mol. The summed E-state index contributed by atoms with van der Waals surface area (Å²) >= 11 is 0. The average molecular weight is 255 g/mol. The first-order valence-corrected chi connectivity index (χ1v) is 5.60. The number of nitrogens with zero attached hydrogens (tertiary/aromatic N) is 2. The number of aromatic nitrogens is 2. The molecule has 0 bridgehead atoms. The maximum absolute atomic E-state index is 11.8. The zero-order valence-electron chi connectivity index (χ0n) is 8.54. The second kappa shape index (κ2) is 5.45. The van der Waals surface area contributed by atoms with Gasteiger partial charge in [0.25, 0.3) is 10.0 Å². The third kappa shape index (κ3) is 2.91. The van der Waals surface area contributed by atoms with Crippen molar-refractivity contribution in [3.63, 3.8) is 0 Å². The van der Waals surface area contributed by atoms with Gasteiger partial charge in [-0.25, -0.2) is 13.4 Å². The Kier molecular flexibility index (Phi) is 5.22. The van der Waals surface area contributed by atoms with Gasteiger partial charge in [0.2, 0.25) is 0 Å². The van der Waals surface area contributed by atoms with E-state index in [4.69, 9.17) is 5.73 Å². The Labute approximate surface area is 95.3 Å². The Balaban J connectivity index is 0.00000196. The number of halogens is 1. The number of hydrogen-bond donors (Lipinski definition) is 2. The molecule has 1 rings (SSSR count). The molecule has 1 heterocycles. The molecule has 1 atom stereocenters. The van der Waals surface area contributed by atoms with E-state index in [0.717, 1.165) is 0 Å². The number of aromatic amines is 1. The van der Waals surface area contributed by atoms with Gasteiger partial charge >= 0.3 is 0 Å². The smallest absolute Gasteiger partial charge is 0.260 e. The summed E-state index contributed by atoms with van der Waals surface area (Å²) in [6.07, 6.45) is 2.60. The van der Waals surface area contributed by atoms with Crippen LogP contribution < -0.4 is 5.73 Å². The molecule has 15 heavy (non-hydrogen) atoms. The monoisotopic (exact) mass is 254 g/mol. The Morgan fingerprint density at radius 2 is 2.27 bits per heavy atom. The molecule has 0 saturated heterocycles. The van der Waals surface area contributed by atoms with Crippen molar-refractivity contribution in [3.05, 3.63) is 12.5 Å². The zero-order valence-corrected chi connectivity index (χ0v) is 10.2. The van der Waals surface area contributed by atoms with Gasteiger partial charge in [-0.2, -0.15) is 4.31 Å². The second-order valence-electron chi connectivity index (χ2n) is 3.02. The van der Waals surface area contributed by atoms with Crippen molar-refractivity contribution in [1.29, 1.82) is 0 Å². The van der Waals surface area contributed by atoms with E-state index in [9.17, 15) is 8.42 Å². The fourth-order valence-electron chi connectivity index (χ4n) is 0.925. The summed E-state index contributed by atoms with van der Waals surface area (Å²) in [5.74, 6) is 0. The third-order valence-electron chi connectivity index (χ3n) is 2.09. The molecule has 6 nitrogen and oxygen atoms in total. The number of nitrogens with one attached hydrogen (secondary N) is 1. The standard InChI is InChI=1S/C7H14N4O2S.ClH/c1-6(3-8)11(2)14(12,13)7-4-9-5-10-7;/h4-6H,3,8H2,1-2H3,(H,9,10);1H. The number of imidazole rings is 1. The molecule has 88 valence electrons. The van der Waals surface area contributed by atoms with Crippen LogP contribution in [0.5, 0.6) is 0 Å². The van der Waals surface area contributed by atoms with Gasteiger partial charge in [0.05, 0.1) is 12.5 Å². The molecule has 0 aliphatic heterocycles. The predicted molar refractivity (Wildman–Crippen MR) is 59.3 cm³/mol. The van der Waals surface area contributed by atoms with Crippen LogP contribution in [0.25, 0.3) is 0 Å². The minimum atomic E-state index is -3.47. The van der Waals surface area contributed by atoms with Gasteiger partial charge < -0.3 is 10.7 Å². The summed E-state index contributed by atoms with van der Waals surface area (Å²) in [5, 5.41) is 0.0836. The minimum Gasteiger partial charge on any atom is -0.335 e. The van der Waals surface area contributed by atoms with Crippen molar-refractivity contribution in [3.8, 4) is 0 Å². The SMILES string of the molecule is CC(CN)N(C)S(=O)(=O)c1cnc[nH]1.Cl. The molecule has 0 aliphatic rings. The molecule has 1 aromatic heterocycles. The number of nitrogens with two attached hydrogens (primary N) is 1.